The van der Waals surface area contributed by atoms with Crippen LogP contribution in [0.25, 0.3) is 55.2 Å². The van der Waals surface area contributed by atoms with E-state index in [1.807, 2.05) is 97.2 Å². The molecule has 0 saturated heterocycles. The molecule has 1 atom stereocenters. The first kappa shape index (κ1) is 21.8. The summed E-state index contributed by atoms with van der Waals surface area (Å²) in [5.41, 5.74) is 5.50. The third kappa shape index (κ3) is 3.31. The average Bonchev–Trinajstić information content (AvgIpc) is 3.73. The average molecular weight is 509 g/mol. The predicted molar refractivity (Wildman–Crippen MR) is 152 cm³/mol. The first-order valence-electron chi connectivity index (χ1n) is 12.8. The number of fused-ring (bicyclic) bond motifs is 7. The molecule has 0 aliphatic rings. The summed E-state index contributed by atoms with van der Waals surface area (Å²) < 4.78 is 26.2. The standard InChI is InChI=1S/C33H21FN4O/c34-32(21-7-5-8-23(19-21)37-18-6-17-36-37)22-12-13-24-25-14-15-29-31(26-9-1-2-10-28(26)39-29)33(25)38(27(24)20-22)30-11-3-4-16-35-30/h1-20,32H. The maximum atomic E-state index is 16.1. The van der Waals surface area contributed by atoms with E-state index in [4.69, 9.17) is 9.40 Å². The zero-order chi connectivity index (χ0) is 25.9. The van der Waals surface area contributed by atoms with Crippen LogP contribution in [0, 0.1) is 0 Å². The van der Waals surface area contributed by atoms with Crippen molar-refractivity contribution in [2.75, 3.05) is 0 Å². The van der Waals surface area contributed by atoms with Crippen LogP contribution in [0.15, 0.2) is 126 Å². The van der Waals surface area contributed by atoms with Crippen molar-refractivity contribution in [2.24, 2.45) is 0 Å². The molecular weight excluding hydrogens is 487 g/mol. The Morgan fingerprint density at radius 2 is 1.56 bits per heavy atom. The van der Waals surface area contributed by atoms with Gasteiger partial charge in [-0.15, -0.1) is 0 Å². The van der Waals surface area contributed by atoms with Gasteiger partial charge in [-0.3, -0.25) is 4.57 Å². The van der Waals surface area contributed by atoms with Gasteiger partial charge >= 0.3 is 0 Å². The molecule has 0 spiro atoms. The number of hydrogen-bond donors (Lipinski definition) is 0. The van der Waals surface area contributed by atoms with Crippen LogP contribution in [0.4, 0.5) is 4.39 Å². The van der Waals surface area contributed by atoms with E-state index in [-0.39, 0.29) is 0 Å². The van der Waals surface area contributed by atoms with E-state index in [2.05, 4.69) is 21.8 Å². The minimum absolute atomic E-state index is 0.575. The summed E-state index contributed by atoms with van der Waals surface area (Å²) in [5.74, 6) is 0.767. The summed E-state index contributed by atoms with van der Waals surface area (Å²) in [6, 6.07) is 33.2. The highest BCUT2D eigenvalue weighted by atomic mass is 19.1. The molecule has 8 rings (SSSR count). The first-order valence-corrected chi connectivity index (χ1v) is 12.8. The van der Waals surface area contributed by atoms with E-state index >= 15 is 4.39 Å². The lowest BCUT2D eigenvalue weighted by molar-refractivity contribution is 0.402. The Bertz CT molecular complexity index is 2140. The van der Waals surface area contributed by atoms with Gasteiger partial charge in [0, 0.05) is 34.7 Å². The smallest absolute Gasteiger partial charge is 0.150 e. The van der Waals surface area contributed by atoms with Gasteiger partial charge in [-0.2, -0.15) is 5.10 Å². The van der Waals surface area contributed by atoms with Crippen molar-refractivity contribution in [1.82, 2.24) is 19.3 Å². The molecule has 39 heavy (non-hydrogen) atoms. The SMILES string of the molecule is FC(c1cccc(-n2cccn2)c1)c1ccc2c3ccc4oc5ccccc5c4c3n(-c3ccccn3)c2c1. The lowest BCUT2D eigenvalue weighted by Gasteiger charge is -2.12. The number of furan rings is 1. The second-order valence-corrected chi connectivity index (χ2v) is 9.64. The normalized spacial score (nSPS) is 12.6. The molecule has 0 amide bonds. The van der Waals surface area contributed by atoms with E-state index in [1.165, 1.54) is 0 Å². The van der Waals surface area contributed by atoms with Crippen LogP contribution in [0.5, 0.6) is 0 Å². The van der Waals surface area contributed by atoms with Crippen molar-refractivity contribution in [1.29, 1.82) is 0 Å². The van der Waals surface area contributed by atoms with Gasteiger partial charge in [0.2, 0.25) is 0 Å². The Labute approximate surface area is 222 Å². The molecule has 4 aromatic heterocycles. The van der Waals surface area contributed by atoms with Crippen molar-refractivity contribution in [3.8, 4) is 11.5 Å². The molecule has 6 heteroatoms. The van der Waals surface area contributed by atoms with Crippen molar-refractivity contribution in [2.45, 2.75) is 6.17 Å². The van der Waals surface area contributed by atoms with Gasteiger partial charge in [0.1, 0.15) is 17.0 Å². The van der Waals surface area contributed by atoms with Crippen molar-refractivity contribution >= 4 is 43.7 Å². The van der Waals surface area contributed by atoms with Crippen LogP contribution >= 0.6 is 0 Å². The quantitative estimate of drug-likeness (QED) is 0.240. The fourth-order valence-electron chi connectivity index (χ4n) is 5.65. The molecular formula is C33H21FN4O. The number of benzene rings is 4. The Balaban J connectivity index is 1.40. The Hall–Kier alpha value is -5.23. The molecule has 0 bridgehead atoms. The molecule has 0 saturated carbocycles. The van der Waals surface area contributed by atoms with Crippen molar-refractivity contribution in [3.05, 3.63) is 133 Å². The number of halogens is 1. The highest BCUT2D eigenvalue weighted by Gasteiger charge is 2.21. The van der Waals surface area contributed by atoms with E-state index in [9.17, 15) is 0 Å². The van der Waals surface area contributed by atoms with Crippen LogP contribution in [0.1, 0.15) is 17.3 Å². The van der Waals surface area contributed by atoms with Gasteiger partial charge in [0.15, 0.2) is 6.17 Å². The fourth-order valence-corrected chi connectivity index (χ4v) is 5.65. The summed E-state index contributed by atoms with van der Waals surface area (Å²) in [6.07, 6.45) is 4.03. The molecule has 5 nitrogen and oxygen atoms in total. The van der Waals surface area contributed by atoms with Gasteiger partial charge in [-0.05, 0) is 65.7 Å². The van der Waals surface area contributed by atoms with Crippen LogP contribution < -0.4 is 0 Å². The third-order valence-corrected chi connectivity index (χ3v) is 7.40. The molecule has 0 aliphatic carbocycles. The monoisotopic (exact) mass is 508 g/mol. The van der Waals surface area contributed by atoms with Gasteiger partial charge in [0.25, 0.3) is 0 Å². The second-order valence-electron chi connectivity index (χ2n) is 9.64. The van der Waals surface area contributed by atoms with E-state index in [0.717, 1.165) is 55.2 Å². The molecule has 4 heterocycles. The van der Waals surface area contributed by atoms with E-state index in [0.29, 0.717) is 11.1 Å². The number of pyridine rings is 1. The Morgan fingerprint density at radius 3 is 2.44 bits per heavy atom. The largest absolute Gasteiger partial charge is 0.456 e. The summed E-state index contributed by atoms with van der Waals surface area (Å²) in [7, 11) is 0. The topological polar surface area (TPSA) is 48.8 Å². The minimum atomic E-state index is -1.31. The highest BCUT2D eigenvalue weighted by Crippen LogP contribution is 2.41. The van der Waals surface area contributed by atoms with Crippen molar-refractivity contribution < 1.29 is 8.81 Å². The summed E-state index contributed by atoms with van der Waals surface area (Å²) in [6.45, 7) is 0. The molecule has 0 N–H and O–H groups in total. The molecule has 1 unspecified atom stereocenters. The second kappa shape index (κ2) is 8.39. The number of para-hydroxylation sites is 1. The zero-order valence-corrected chi connectivity index (χ0v) is 20.7. The molecule has 0 fully saturated rings. The maximum absolute atomic E-state index is 16.1. The highest BCUT2D eigenvalue weighted by molar-refractivity contribution is 6.24. The van der Waals surface area contributed by atoms with Crippen LogP contribution in [0.3, 0.4) is 0 Å². The lowest BCUT2D eigenvalue weighted by atomic mass is 10.0. The molecule has 186 valence electrons. The van der Waals surface area contributed by atoms with Gasteiger partial charge in [-0.1, -0.05) is 48.5 Å². The van der Waals surface area contributed by atoms with Crippen LogP contribution in [-0.4, -0.2) is 19.3 Å². The number of nitrogens with zero attached hydrogens (tertiary/aromatic N) is 4. The minimum Gasteiger partial charge on any atom is -0.456 e. The number of alkyl halides is 1. The summed E-state index contributed by atoms with van der Waals surface area (Å²) in [4.78, 5) is 4.69. The maximum Gasteiger partial charge on any atom is 0.150 e. The molecule has 0 aliphatic heterocycles. The summed E-state index contributed by atoms with van der Waals surface area (Å²) >= 11 is 0. The number of aromatic nitrogens is 4. The zero-order valence-electron chi connectivity index (χ0n) is 20.7. The molecule has 0 radical (unpaired) electrons. The third-order valence-electron chi connectivity index (χ3n) is 7.40. The van der Waals surface area contributed by atoms with Crippen LogP contribution in [0.2, 0.25) is 0 Å². The number of rotatable bonds is 4. The number of hydrogen-bond acceptors (Lipinski definition) is 3. The van der Waals surface area contributed by atoms with Crippen molar-refractivity contribution in [3.63, 3.8) is 0 Å². The van der Waals surface area contributed by atoms with E-state index < -0.39 is 6.17 Å². The predicted octanol–water partition coefficient (Wildman–Crippen LogP) is 8.32. The molecule has 4 aromatic carbocycles. The molecule has 8 aromatic rings. The van der Waals surface area contributed by atoms with E-state index in [1.54, 1.807) is 17.1 Å². The summed E-state index contributed by atoms with van der Waals surface area (Å²) in [5, 5.41) is 8.45. The van der Waals surface area contributed by atoms with Gasteiger partial charge in [0.05, 0.1) is 22.1 Å². The van der Waals surface area contributed by atoms with Gasteiger partial charge in [-0.25, -0.2) is 14.1 Å². The van der Waals surface area contributed by atoms with Gasteiger partial charge < -0.3 is 4.42 Å². The first-order chi connectivity index (χ1) is 19.3. The fraction of sp³-hybridized carbons (Fsp3) is 0.0303. The lowest BCUT2D eigenvalue weighted by Crippen LogP contribution is -2.00. The Morgan fingerprint density at radius 1 is 0.692 bits per heavy atom. The van der Waals surface area contributed by atoms with Crippen LogP contribution in [-0.2, 0) is 0 Å². The Kier molecular flexibility index (Phi) is 4.70.